The Morgan fingerprint density at radius 3 is 2.40 bits per heavy atom. The van der Waals surface area contributed by atoms with Crippen LogP contribution in [-0.4, -0.2) is 29.6 Å². The van der Waals surface area contributed by atoms with Crippen molar-refractivity contribution in [2.75, 3.05) is 13.1 Å². The average molecular weight is 212 g/mol. The molecule has 0 aliphatic carbocycles. The molecule has 90 valence electrons. The monoisotopic (exact) mass is 212 g/mol. The lowest BCUT2D eigenvalue weighted by atomic mass is 9.88. The molecular weight excluding hydrogens is 184 g/mol. The summed E-state index contributed by atoms with van der Waals surface area (Å²) in [6.07, 6.45) is 4.89. The van der Waals surface area contributed by atoms with Crippen molar-refractivity contribution < 1.29 is 0 Å². The lowest BCUT2D eigenvalue weighted by molar-refractivity contribution is 0.0841. The Morgan fingerprint density at radius 1 is 1.27 bits per heavy atom. The quantitative estimate of drug-likeness (QED) is 0.776. The second-order valence-electron chi connectivity index (χ2n) is 5.40. The molecule has 2 N–H and O–H groups in total. The third kappa shape index (κ3) is 3.18. The molecule has 0 aromatic carbocycles. The van der Waals surface area contributed by atoms with Crippen molar-refractivity contribution >= 4 is 0 Å². The molecule has 1 rings (SSSR count). The SMILES string of the molecule is CCC(N)(CC)CN1CCCC(C)C1C. The highest BCUT2D eigenvalue weighted by molar-refractivity contribution is 4.89. The van der Waals surface area contributed by atoms with Crippen molar-refractivity contribution in [1.82, 2.24) is 4.90 Å². The Bertz CT molecular complexity index is 187. The van der Waals surface area contributed by atoms with Gasteiger partial charge in [0.15, 0.2) is 0 Å². The number of hydrogen-bond acceptors (Lipinski definition) is 2. The van der Waals surface area contributed by atoms with Crippen LogP contribution in [0.1, 0.15) is 53.4 Å². The van der Waals surface area contributed by atoms with Crippen LogP contribution in [0.5, 0.6) is 0 Å². The first-order valence-electron chi connectivity index (χ1n) is 6.55. The molecule has 0 amide bonds. The molecule has 1 aliphatic heterocycles. The van der Waals surface area contributed by atoms with Crippen molar-refractivity contribution in [1.29, 1.82) is 0 Å². The highest BCUT2D eigenvalue weighted by atomic mass is 15.2. The van der Waals surface area contributed by atoms with E-state index in [1.165, 1.54) is 19.4 Å². The molecule has 0 radical (unpaired) electrons. The molecule has 1 saturated heterocycles. The van der Waals surface area contributed by atoms with E-state index < -0.39 is 0 Å². The topological polar surface area (TPSA) is 29.3 Å². The summed E-state index contributed by atoms with van der Waals surface area (Å²) >= 11 is 0. The summed E-state index contributed by atoms with van der Waals surface area (Å²) in [4.78, 5) is 2.60. The summed E-state index contributed by atoms with van der Waals surface area (Å²) < 4.78 is 0. The van der Waals surface area contributed by atoms with Gasteiger partial charge in [0.25, 0.3) is 0 Å². The van der Waals surface area contributed by atoms with Gasteiger partial charge in [-0.2, -0.15) is 0 Å². The Balaban J connectivity index is 2.56. The summed E-state index contributed by atoms with van der Waals surface area (Å²) in [6, 6.07) is 0.708. The molecule has 0 saturated carbocycles. The van der Waals surface area contributed by atoms with E-state index in [9.17, 15) is 0 Å². The van der Waals surface area contributed by atoms with Crippen molar-refractivity contribution in [2.45, 2.75) is 65.0 Å². The van der Waals surface area contributed by atoms with E-state index in [-0.39, 0.29) is 5.54 Å². The van der Waals surface area contributed by atoms with Gasteiger partial charge in [-0.1, -0.05) is 20.8 Å². The minimum absolute atomic E-state index is 0.0331. The summed E-state index contributed by atoms with van der Waals surface area (Å²) in [5.41, 5.74) is 6.43. The standard InChI is InChI=1S/C13H28N2/c1-5-13(14,6-2)10-15-9-7-8-11(3)12(15)4/h11-12H,5-10,14H2,1-4H3. The van der Waals surface area contributed by atoms with Gasteiger partial charge in [0, 0.05) is 18.1 Å². The van der Waals surface area contributed by atoms with Crippen LogP contribution in [0, 0.1) is 5.92 Å². The predicted molar refractivity (Wildman–Crippen MR) is 66.9 cm³/mol. The second kappa shape index (κ2) is 5.31. The molecule has 0 bridgehead atoms. The molecule has 0 aromatic heterocycles. The van der Waals surface area contributed by atoms with Gasteiger partial charge in [-0.25, -0.2) is 0 Å². The van der Waals surface area contributed by atoms with Crippen LogP contribution in [0.25, 0.3) is 0 Å². The Hall–Kier alpha value is -0.0800. The Kier molecular flexibility index (Phi) is 4.60. The molecule has 0 spiro atoms. The van der Waals surface area contributed by atoms with E-state index in [1.807, 2.05) is 0 Å². The van der Waals surface area contributed by atoms with Crippen LogP contribution in [0.3, 0.4) is 0 Å². The first kappa shape index (κ1) is 13.0. The summed E-state index contributed by atoms with van der Waals surface area (Å²) in [5.74, 6) is 0.830. The molecule has 0 aromatic rings. The van der Waals surface area contributed by atoms with E-state index >= 15 is 0 Å². The first-order chi connectivity index (χ1) is 7.02. The van der Waals surface area contributed by atoms with Crippen molar-refractivity contribution in [3.63, 3.8) is 0 Å². The zero-order valence-corrected chi connectivity index (χ0v) is 10.9. The number of hydrogen-bond donors (Lipinski definition) is 1. The molecular formula is C13H28N2. The lowest BCUT2D eigenvalue weighted by Gasteiger charge is -2.42. The average Bonchev–Trinajstić information content (AvgIpc) is 2.25. The molecule has 15 heavy (non-hydrogen) atoms. The minimum atomic E-state index is 0.0331. The number of nitrogens with two attached hydrogens (primary N) is 1. The largest absolute Gasteiger partial charge is 0.324 e. The maximum absolute atomic E-state index is 6.39. The van der Waals surface area contributed by atoms with Crippen molar-refractivity contribution in [2.24, 2.45) is 11.7 Å². The molecule has 2 nitrogen and oxygen atoms in total. The number of nitrogens with zero attached hydrogens (tertiary/aromatic N) is 1. The molecule has 2 atom stereocenters. The van der Waals surface area contributed by atoms with Gasteiger partial charge in [-0.05, 0) is 45.1 Å². The van der Waals surface area contributed by atoms with E-state index in [0.29, 0.717) is 6.04 Å². The van der Waals surface area contributed by atoms with Crippen LogP contribution < -0.4 is 5.73 Å². The zero-order valence-electron chi connectivity index (χ0n) is 10.9. The van der Waals surface area contributed by atoms with Gasteiger partial charge in [-0.3, -0.25) is 4.90 Å². The number of piperidine rings is 1. The van der Waals surface area contributed by atoms with Gasteiger partial charge in [0.1, 0.15) is 0 Å². The number of rotatable bonds is 4. The fourth-order valence-corrected chi connectivity index (χ4v) is 2.52. The molecule has 1 fully saturated rings. The summed E-state index contributed by atoms with van der Waals surface area (Å²) in [5, 5.41) is 0. The summed E-state index contributed by atoms with van der Waals surface area (Å²) in [7, 11) is 0. The van der Waals surface area contributed by atoms with Crippen LogP contribution in [0.2, 0.25) is 0 Å². The third-order valence-corrected chi connectivity index (χ3v) is 4.43. The van der Waals surface area contributed by atoms with Crippen molar-refractivity contribution in [3.8, 4) is 0 Å². The van der Waals surface area contributed by atoms with E-state index in [4.69, 9.17) is 5.73 Å². The molecule has 2 heteroatoms. The number of likely N-dealkylation sites (tertiary alicyclic amines) is 1. The van der Waals surface area contributed by atoms with Gasteiger partial charge in [-0.15, -0.1) is 0 Å². The molecule has 1 heterocycles. The highest BCUT2D eigenvalue weighted by Crippen LogP contribution is 2.25. The van der Waals surface area contributed by atoms with Gasteiger partial charge < -0.3 is 5.73 Å². The Labute approximate surface area is 95.2 Å². The fourth-order valence-electron chi connectivity index (χ4n) is 2.52. The molecule has 1 aliphatic rings. The minimum Gasteiger partial charge on any atom is -0.324 e. The zero-order chi connectivity index (χ0) is 11.5. The van der Waals surface area contributed by atoms with Crippen LogP contribution in [0.15, 0.2) is 0 Å². The van der Waals surface area contributed by atoms with Crippen LogP contribution in [-0.2, 0) is 0 Å². The second-order valence-corrected chi connectivity index (χ2v) is 5.40. The maximum Gasteiger partial charge on any atom is 0.0278 e. The Morgan fingerprint density at radius 2 is 1.87 bits per heavy atom. The highest BCUT2D eigenvalue weighted by Gasteiger charge is 2.30. The molecule has 2 unspecified atom stereocenters. The van der Waals surface area contributed by atoms with Gasteiger partial charge in [0.05, 0.1) is 0 Å². The first-order valence-corrected chi connectivity index (χ1v) is 6.55. The fraction of sp³-hybridized carbons (Fsp3) is 1.00. The van der Waals surface area contributed by atoms with Gasteiger partial charge in [0.2, 0.25) is 0 Å². The summed E-state index contributed by atoms with van der Waals surface area (Å²) in [6.45, 7) is 11.5. The van der Waals surface area contributed by atoms with E-state index in [2.05, 4.69) is 32.6 Å². The predicted octanol–water partition coefficient (Wildman–Crippen LogP) is 2.62. The van der Waals surface area contributed by atoms with Crippen molar-refractivity contribution in [3.05, 3.63) is 0 Å². The van der Waals surface area contributed by atoms with E-state index in [0.717, 1.165) is 25.3 Å². The van der Waals surface area contributed by atoms with Gasteiger partial charge >= 0.3 is 0 Å². The van der Waals surface area contributed by atoms with E-state index in [1.54, 1.807) is 0 Å². The third-order valence-electron chi connectivity index (χ3n) is 4.43. The lowest BCUT2D eigenvalue weighted by Crippen LogP contribution is -2.54. The van der Waals surface area contributed by atoms with Crippen LogP contribution >= 0.6 is 0 Å². The smallest absolute Gasteiger partial charge is 0.0278 e. The maximum atomic E-state index is 6.39. The normalized spacial score (nSPS) is 29.4. The van der Waals surface area contributed by atoms with Crippen LogP contribution in [0.4, 0.5) is 0 Å².